The van der Waals surface area contributed by atoms with Gasteiger partial charge in [-0.25, -0.2) is 4.98 Å². The summed E-state index contributed by atoms with van der Waals surface area (Å²) in [7, 11) is 1.63. The Morgan fingerprint density at radius 3 is 2.84 bits per heavy atom. The van der Waals surface area contributed by atoms with E-state index in [0.29, 0.717) is 32.2 Å². The SMILES string of the molecule is COCCOCCCNc1ncc([N+](=O)[O-])cc1C. The average molecular weight is 269 g/mol. The minimum atomic E-state index is -0.451. The molecule has 0 saturated carbocycles. The second-order valence-electron chi connectivity index (χ2n) is 4.00. The highest BCUT2D eigenvalue weighted by molar-refractivity contribution is 5.48. The van der Waals surface area contributed by atoms with Crippen LogP contribution in [0.5, 0.6) is 0 Å². The Labute approximate surface area is 112 Å². The van der Waals surface area contributed by atoms with E-state index in [4.69, 9.17) is 9.47 Å². The van der Waals surface area contributed by atoms with Gasteiger partial charge >= 0.3 is 0 Å². The molecule has 0 atom stereocenters. The third-order valence-electron chi connectivity index (χ3n) is 2.46. The standard InChI is InChI=1S/C12H19N3O4/c1-10-8-11(15(16)17)9-14-12(10)13-4-3-5-19-7-6-18-2/h8-9H,3-7H2,1-2H3,(H,13,14). The van der Waals surface area contributed by atoms with Crippen LogP contribution in [0.2, 0.25) is 0 Å². The number of aryl methyl sites for hydroxylation is 1. The van der Waals surface area contributed by atoms with Crippen LogP contribution in [0.1, 0.15) is 12.0 Å². The number of nitrogens with zero attached hydrogens (tertiary/aromatic N) is 2. The monoisotopic (exact) mass is 269 g/mol. The van der Waals surface area contributed by atoms with Gasteiger partial charge in [0.25, 0.3) is 5.69 Å². The molecule has 0 aliphatic heterocycles. The highest BCUT2D eigenvalue weighted by atomic mass is 16.6. The Morgan fingerprint density at radius 2 is 2.21 bits per heavy atom. The summed E-state index contributed by atoms with van der Waals surface area (Å²) in [4.78, 5) is 14.2. The summed E-state index contributed by atoms with van der Waals surface area (Å²) >= 11 is 0. The second kappa shape index (κ2) is 8.39. The lowest BCUT2D eigenvalue weighted by molar-refractivity contribution is -0.385. The number of nitro groups is 1. The first-order valence-corrected chi connectivity index (χ1v) is 6.06. The molecular weight excluding hydrogens is 250 g/mol. The zero-order valence-electron chi connectivity index (χ0n) is 11.2. The number of hydrogen-bond donors (Lipinski definition) is 1. The molecule has 106 valence electrons. The van der Waals surface area contributed by atoms with Crippen LogP contribution >= 0.6 is 0 Å². The highest BCUT2D eigenvalue weighted by Crippen LogP contribution is 2.17. The van der Waals surface area contributed by atoms with Crippen molar-refractivity contribution in [1.82, 2.24) is 4.98 Å². The third kappa shape index (κ3) is 5.62. The molecule has 7 heteroatoms. The minimum absolute atomic E-state index is 0.00551. The smallest absolute Gasteiger partial charge is 0.287 e. The lowest BCUT2D eigenvalue weighted by Crippen LogP contribution is -2.10. The van der Waals surface area contributed by atoms with Crippen molar-refractivity contribution in [2.75, 3.05) is 38.8 Å². The predicted molar refractivity (Wildman–Crippen MR) is 71.4 cm³/mol. The van der Waals surface area contributed by atoms with Gasteiger partial charge in [0, 0.05) is 26.3 Å². The summed E-state index contributed by atoms with van der Waals surface area (Å²) in [5.41, 5.74) is 0.764. The molecule has 0 unspecified atom stereocenters. The van der Waals surface area contributed by atoms with E-state index in [-0.39, 0.29) is 5.69 Å². The third-order valence-corrected chi connectivity index (χ3v) is 2.46. The van der Waals surface area contributed by atoms with E-state index in [9.17, 15) is 10.1 Å². The van der Waals surface area contributed by atoms with E-state index < -0.39 is 4.92 Å². The van der Waals surface area contributed by atoms with Crippen molar-refractivity contribution >= 4 is 11.5 Å². The molecule has 1 aromatic heterocycles. The molecule has 0 saturated heterocycles. The van der Waals surface area contributed by atoms with Gasteiger partial charge in [0.2, 0.25) is 0 Å². The Balaban J connectivity index is 2.28. The Kier molecular flexibility index (Phi) is 6.76. The zero-order chi connectivity index (χ0) is 14.1. The largest absolute Gasteiger partial charge is 0.382 e. The molecule has 1 rings (SSSR count). The quantitative estimate of drug-likeness (QED) is 0.417. The summed E-state index contributed by atoms with van der Waals surface area (Å²) in [5.74, 6) is 0.669. The molecular formula is C12H19N3O4. The molecule has 0 aromatic carbocycles. The molecule has 7 nitrogen and oxygen atoms in total. The van der Waals surface area contributed by atoms with Crippen LogP contribution in [0.3, 0.4) is 0 Å². The number of nitrogens with one attached hydrogen (secondary N) is 1. The van der Waals surface area contributed by atoms with Gasteiger partial charge in [-0.3, -0.25) is 10.1 Å². The molecule has 0 aliphatic carbocycles. The van der Waals surface area contributed by atoms with E-state index in [1.165, 1.54) is 12.3 Å². The first-order valence-electron chi connectivity index (χ1n) is 6.06. The molecule has 1 aromatic rings. The van der Waals surface area contributed by atoms with Gasteiger partial charge in [-0.05, 0) is 18.9 Å². The summed E-state index contributed by atoms with van der Waals surface area (Å²) in [5, 5.41) is 13.7. The van der Waals surface area contributed by atoms with Gasteiger partial charge in [-0.1, -0.05) is 0 Å². The van der Waals surface area contributed by atoms with Crippen molar-refractivity contribution in [1.29, 1.82) is 0 Å². The Hall–Kier alpha value is -1.73. The molecule has 1 heterocycles. The normalized spacial score (nSPS) is 10.4. The fraction of sp³-hybridized carbons (Fsp3) is 0.583. The van der Waals surface area contributed by atoms with Crippen LogP contribution < -0.4 is 5.32 Å². The first-order chi connectivity index (χ1) is 9.15. The van der Waals surface area contributed by atoms with Crippen molar-refractivity contribution in [2.24, 2.45) is 0 Å². The fourth-order valence-corrected chi connectivity index (χ4v) is 1.47. The van der Waals surface area contributed by atoms with E-state index in [1.54, 1.807) is 14.0 Å². The van der Waals surface area contributed by atoms with Crippen molar-refractivity contribution < 1.29 is 14.4 Å². The van der Waals surface area contributed by atoms with Gasteiger partial charge in [-0.15, -0.1) is 0 Å². The van der Waals surface area contributed by atoms with Gasteiger partial charge in [0.1, 0.15) is 12.0 Å². The Bertz CT molecular complexity index is 412. The summed E-state index contributed by atoms with van der Waals surface area (Å²) in [6.45, 7) is 4.32. The van der Waals surface area contributed by atoms with Gasteiger partial charge < -0.3 is 14.8 Å². The van der Waals surface area contributed by atoms with Crippen LogP contribution in [0, 0.1) is 17.0 Å². The topological polar surface area (TPSA) is 86.5 Å². The number of rotatable bonds is 9. The lowest BCUT2D eigenvalue weighted by atomic mass is 10.2. The number of ether oxygens (including phenoxy) is 2. The number of aromatic nitrogens is 1. The highest BCUT2D eigenvalue weighted by Gasteiger charge is 2.08. The molecule has 0 bridgehead atoms. The maximum Gasteiger partial charge on any atom is 0.287 e. The van der Waals surface area contributed by atoms with E-state index in [2.05, 4.69) is 10.3 Å². The molecule has 1 N–H and O–H groups in total. The molecule has 19 heavy (non-hydrogen) atoms. The van der Waals surface area contributed by atoms with Crippen LogP contribution in [0.25, 0.3) is 0 Å². The van der Waals surface area contributed by atoms with Crippen LogP contribution in [-0.4, -0.2) is 43.4 Å². The van der Waals surface area contributed by atoms with Gasteiger partial charge in [-0.2, -0.15) is 0 Å². The van der Waals surface area contributed by atoms with Gasteiger partial charge in [0.15, 0.2) is 0 Å². The van der Waals surface area contributed by atoms with Crippen molar-refractivity contribution in [3.8, 4) is 0 Å². The Morgan fingerprint density at radius 1 is 1.42 bits per heavy atom. The summed E-state index contributed by atoms with van der Waals surface area (Å²) in [6, 6.07) is 1.50. The number of methoxy groups -OCH3 is 1. The number of pyridine rings is 1. The summed E-state index contributed by atoms with van der Waals surface area (Å²) in [6.07, 6.45) is 2.09. The number of anilines is 1. The van der Waals surface area contributed by atoms with Crippen molar-refractivity contribution in [3.05, 3.63) is 27.9 Å². The average Bonchev–Trinajstić information content (AvgIpc) is 2.39. The second-order valence-corrected chi connectivity index (χ2v) is 4.00. The molecule has 0 spiro atoms. The van der Waals surface area contributed by atoms with Crippen molar-refractivity contribution in [2.45, 2.75) is 13.3 Å². The lowest BCUT2D eigenvalue weighted by Gasteiger charge is -2.08. The zero-order valence-corrected chi connectivity index (χ0v) is 11.2. The van der Waals surface area contributed by atoms with E-state index >= 15 is 0 Å². The van der Waals surface area contributed by atoms with Crippen LogP contribution in [0.15, 0.2) is 12.3 Å². The van der Waals surface area contributed by atoms with E-state index in [1.807, 2.05) is 0 Å². The fourth-order valence-electron chi connectivity index (χ4n) is 1.47. The first kappa shape index (κ1) is 15.3. The molecule has 0 radical (unpaired) electrons. The molecule has 0 amide bonds. The maximum atomic E-state index is 10.6. The maximum absolute atomic E-state index is 10.6. The summed E-state index contributed by atoms with van der Waals surface area (Å²) < 4.78 is 10.2. The molecule has 0 aliphatic rings. The van der Waals surface area contributed by atoms with Crippen molar-refractivity contribution in [3.63, 3.8) is 0 Å². The van der Waals surface area contributed by atoms with E-state index in [0.717, 1.165) is 12.0 Å². The number of hydrogen-bond acceptors (Lipinski definition) is 6. The van der Waals surface area contributed by atoms with Crippen LogP contribution in [0.4, 0.5) is 11.5 Å². The van der Waals surface area contributed by atoms with Crippen LogP contribution in [-0.2, 0) is 9.47 Å². The predicted octanol–water partition coefficient (Wildman–Crippen LogP) is 1.76. The minimum Gasteiger partial charge on any atom is -0.382 e. The molecule has 0 fully saturated rings. The van der Waals surface area contributed by atoms with Gasteiger partial charge in [0.05, 0.1) is 18.1 Å².